The van der Waals surface area contributed by atoms with E-state index in [1.807, 2.05) is 74.9 Å². The number of carbonyl (C=O) groups is 1. The molecule has 1 amide bonds. The summed E-state index contributed by atoms with van der Waals surface area (Å²) in [5, 5.41) is 2.87. The van der Waals surface area contributed by atoms with Crippen molar-refractivity contribution in [3.63, 3.8) is 0 Å². The van der Waals surface area contributed by atoms with Crippen LogP contribution in [0.5, 0.6) is 0 Å². The number of anilines is 1. The van der Waals surface area contributed by atoms with Crippen molar-refractivity contribution >= 4 is 21.6 Å². The zero-order chi connectivity index (χ0) is 25.9. The Hall–Kier alpha value is -3.91. The second-order valence-electron chi connectivity index (χ2n) is 8.90. The lowest BCUT2D eigenvalue weighted by molar-refractivity contribution is -0.119. The lowest BCUT2D eigenvalue weighted by atomic mass is 10.1. The first-order valence-corrected chi connectivity index (χ1v) is 13.1. The largest absolute Gasteiger partial charge is 0.350 e. The van der Waals surface area contributed by atoms with Crippen molar-refractivity contribution in [3.05, 3.63) is 107 Å². The van der Waals surface area contributed by atoms with E-state index in [1.165, 1.54) is 4.31 Å². The second-order valence-corrected chi connectivity index (χ2v) is 10.8. The van der Waals surface area contributed by atoms with E-state index in [0.29, 0.717) is 5.69 Å². The van der Waals surface area contributed by atoms with Gasteiger partial charge in [-0.3, -0.25) is 9.10 Å². The summed E-state index contributed by atoms with van der Waals surface area (Å²) in [4.78, 5) is 17.4. The molecule has 7 nitrogen and oxygen atoms in total. The van der Waals surface area contributed by atoms with Crippen LogP contribution in [0, 0.1) is 27.7 Å². The normalized spacial score (nSPS) is 11.3. The molecule has 1 aromatic heterocycles. The SMILES string of the molecule is Cc1ccc(S(=O)(=O)N(CC(=O)NCc2ccc(-n3ccnc3C)cc2)c2cc(C)ccc2C)cc1. The molecule has 1 heterocycles. The second kappa shape index (κ2) is 10.4. The monoisotopic (exact) mass is 502 g/mol. The maximum absolute atomic E-state index is 13.6. The van der Waals surface area contributed by atoms with E-state index in [0.717, 1.165) is 33.8 Å². The molecule has 0 unspecified atom stereocenters. The number of aryl methyl sites for hydroxylation is 4. The minimum absolute atomic E-state index is 0.146. The van der Waals surface area contributed by atoms with Crippen LogP contribution < -0.4 is 9.62 Å². The number of rotatable bonds is 8. The van der Waals surface area contributed by atoms with E-state index in [4.69, 9.17) is 0 Å². The summed E-state index contributed by atoms with van der Waals surface area (Å²) in [6.45, 7) is 7.53. The van der Waals surface area contributed by atoms with E-state index in [9.17, 15) is 13.2 Å². The number of nitrogens with one attached hydrogen (secondary N) is 1. The van der Waals surface area contributed by atoms with Gasteiger partial charge in [0.15, 0.2) is 0 Å². The predicted molar refractivity (Wildman–Crippen MR) is 142 cm³/mol. The van der Waals surface area contributed by atoms with E-state index in [1.54, 1.807) is 36.5 Å². The van der Waals surface area contributed by atoms with Crippen molar-refractivity contribution < 1.29 is 13.2 Å². The molecule has 0 atom stereocenters. The fourth-order valence-corrected chi connectivity index (χ4v) is 5.41. The molecule has 0 aliphatic carbocycles. The van der Waals surface area contributed by atoms with Gasteiger partial charge >= 0.3 is 0 Å². The number of nitrogens with zero attached hydrogens (tertiary/aromatic N) is 3. The van der Waals surface area contributed by atoms with Crippen molar-refractivity contribution in [3.8, 4) is 5.69 Å². The van der Waals surface area contributed by atoms with Gasteiger partial charge < -0.3 is 9.88 Å². The smallest absolute Gasteiger partial charge is 0.264 e. The van der Waals surface area contributed by atoms with Gasteiger partial charge in [-0.15, -0.1) is 0 Å². The summed E-state index contributed by atoms with van der Waals surface area (Å²) in [6.07, 6.45) is 3.64. The zero-order valence-electron chi connectivity index (χ0n) is 20.9. The number of amides is 1. The Kier molecular flexibility index (Phi) is 7.26. The Labute approximate surface area is 212 Å². The Balaban J connectivity index is 1.54. The molecule has 0 aliphatic rings. The summed E-state index contributed by atoms with van der Waals surface area (Å²) >= 11 is 0. The third-order valence-corrected chi connectivity index (χ3v) is 7.83. The molecule has 0 spiro atoms. The molecule has 8 heteroatoms. The van der Waals surface area contributed by atoms with Gasteiger partial charge in [0.25, 0.3) is 10.0 Å². The number of sulfonamides is 1. The maximum atomic E-state index is 13.6. The Morgan fingerprint density at radius 1 is 0.917 bits per heavy atom. The zero-order valence-corrected chi connectivity index (χ0v) is 21.7. The molecule has 0 saturated carbocycles. The van der Waals surface area contributed by atoms with Crippen LogP contribution >= 0.6 is 0 Å². The van der Waals surface area contributed by atoms with Gasteiger partial charge in [-0.25, -0.2) is 13.4 Å². The topological polar surface area (TPSA) is 84.3 Å². The van der Waals surface area contributed by atoms with E-state index in [-0.39, 0.29) is 23.9 Å². The highest BCUT2D eigenvalue weighted by Gasteiger charge is 2.28. The van der Waals surface area contributed by atoms with Gasteiger partial charge in [0, 0.05) is 24.6 Å². The lowest BCUT2D eigenvalue weighted by Crippen LogP contribution is -2.41. The van der Waals surface area contributed by atoms with Crippen LogP contribution in [0.15, 0.2) is 84.0 Å². The molecule has 0 aliphatic heterocycles. The first-order valence-electron chi connectivity index (χ1n) is 11.7. The molecule has 0 fully saturated rings. The third kappa shape index (κ3) is 5.49. The number of carbonyl (C=O) groups excluding carboxylic acids is 1. The van der Waals surface area contributed by atoms with Crippen LogP contribution in [-0.4, -0.2) is 30.4 Å². The van der Waals surface area contributed by atoms with Crippen LogP contribution in [0.4, 0.5) is 5.69 Å². The third-order valence-electron chi connectivity index (χ3n) is 6.06. The summed E-state index contributed by atoms with van der Waals surface area (Å²) in [7, 11) is -3.96. The number of aromatic nitrogens is 2. The molecule has 0 bridgehead atoms. The van der Waals surface area contributed by atoms with E-state index in [2.05, 4.69) is 10.3 Å². The average Bonchev–Trinajstić information content (AvgIpc) is 3.29. The fraction of sp³-hybridized carbons (Fsp3) is 0.214. The number of hydrogen-bond acceptors (Lipinski definition) is 4. The van der Waals surface area contributed by atoms with Crippen LogP contribution in [0.25, 0.3) is 5.69 Å². The van der Waals surface area contributed by atoms with Crippen LogP contribution in [0.2, 0.25) is 0 Å². The van der Waals surface area contributed by atoms with Gasteiger partial charge in [0.1, 0.15) is 12.4 Å². The quantitative estimate of drug-likeness (QED) is 0.381. The highest BCUT2D eigenvalue weighted by molar-refractivity contribution is 7.92. The van der Waals surface area contributed by atoms with Crippen molar-refractivity contribution in [1.82, 2.24) is 14.9 Å². The maximum Gasteiger partial charge on any atom is 0.264 e. The standard InChI is InChI=1S/C28H30N4O3S/c1-20-6-13-26(14-7-20)36(34,35)32(27-17-21(2)5-8-22(27)3)19-28(33)30-18-24-9-11-25(12-10-24)31-16-15-29-23(31)4/h5-17H,18-19H2,1-4H3,(H,30,33). The Bertz CT molecular complexity index is 1470. The molecule has 4 aromatic rings. The van der Waals surface area contributed by atoms with Gasteiger partial charge in [-0.05, 0) is 74.7 Å². The van der Waals surface area contributed by atoms with E-state index < -0.39 is 10.0 Å². The number of benzene rings is 3. The minimum atomic E-state index is -3.96. The highest BCUT2D eigenvalue weighted by atomic mass is 32.2. The molecule has 186 valence electrons. The van der Waals surface area contributed by atoms with Crippen molar-refractivity contribution in [2.24, 2.45) is 0 Å². The first kappa shape index (κ1) is 25.2. The summed E-state index contributed by atoms with van der Waals surface area (Å²) in [5.74, 6) is 0.499. The summed E-state index contributed by atoms with van der Waals surface area (Å²) in [5.41, 5.74) is 5.02. The summed E-state index contributed by atoms with van der Waals surface area (Å²) < 4.78 is 30.4. The van der Waals surface area contributed by atoms with E-state index >= 15 is 0 Å². The van der Waals surface area contributed by atoms with Crippen LogP contribution in [0.3, 0.4) is 0 Å². The fourth-order valence-electron chi connectivity index (χ4n) is 3.94. The molecule has 36 heavy (non-hydrogen) atoms. The number of hydrogen-bond donors (Lipinski definition) is 1. The highest BCUT2D eigenvalue weighted by Crippen LogP contribution is 2.28. The predicted octanol–water partition coefficient (Wildman–Crippen LogP) is 4.62. The van der Waals surface area contributed by atoms with Crippen molar-refractivity contribution in [2.75, 3.05) is 10.8 Å². The molecular formula is C28H30N4O3S. The molecular weight excluding hydrogens is 472 g/mol. The van der Waals surface area contributed by atoms with Crippen molar-refractivity contribution in [2.45, 2.75) is 39.1 Å². The van der Waals surface area contributed by atoms with Gasteiger partial charge in [0.05, 0.1) is 10.6 Å². The van der Waals surface area contributed by atoms with Gasteiger partial charge in [-0.1, -0.05) is 42.0 Å². The number of imidazole rings is 1. The first-order chi connectivity index (χ1) is 17.1. The van der Waals surface area contributed by atoms with Crippen LogP contribution in [-0.2, 0) is 21.4 Å². The van der Waals surface area contributed by atoms with Crippen LogP contribution in [0.1, 0.15) is 28.1 Å². The molecule has 1 N–H and O–H groups in total. The molecule has 0 saturated heterocycles. The van der Waals surface area contributed by atoms with Crippen molar-refractivity contribution in [1.29, 1.82) is 0 Å². The summed E-state index contributed by atoms with van der Waals surface area (Å²) in [6, 6.07) is 20.0. The minimum Gasteiger partial charge on any atom is -0.350 e. The average molecular weight is 503 g/mol. The van der Waals surface area contributed by atoms with Gasteiger partial charge in [-0.2, -0.15) is 0 Å². The molecule has 3 aromatic carbocycles. The molecule has 4 rings (SSSR count). The lowest BCUT2D eigenvalue weighted by Gasteiger charge is -2.26. The van der Waals surface area contributed by atoms with Gasteiger partial charge in [0.2, 0.25) is 5.91 Å². The Morgan fingerprint density at radius 2 is 1.58 bits per heavy atom. The Morgan fingerprint density at radius 3 is 2.22 bits per heavy atom. The molecule has 0 radical (unpaired) electrons.